The quantitative estimate of drug-likeness (QED) is 0.866. The van der Waals surface area contributed by atoms with Gasteiger partial charge in [-0.1, -0.05) is 6.07 Å². The molecule has 2 N–H and O–H groups in total. The van der Waals surface area contributed by atoms with Crippen molar-refractivity contribution < 1.29 is 9.53 Å². The second-order valence-corrected chi connectivity index (χ2v) is 5.66. The summed E-state index contributed by atoms with van der Waals surface area (Å²) >= 11 is 3.43. The Bertz CT molecular complexity index is 445. The van der Waals surface area contributed by atoms with Gasteiger partial charge in [0.25, 0.3) is 0 Å². The molecule has 1 saturated heterocycles. The minimum absolute atomic E-state index is 0.0731. The van der Waals surface area contributed by atoms with E-state index in [-0.39, 0.29) is 5.91 Å². The fourth-order valence-corrected chi connectivity index (χ4v) is 2.80. The molecule has 0 saturated carbocycles. The van der Waals surface area contributed by atoms with Crippen molar-refractivity contribution >= 4 is 21.8 Å². The van der Waals surface area contributed by atoms with Crippen LogP contribution in [0.3, 0.4) is 0 Å². The van der Waals surface area contributed by atoms with Gasteiger partial charge in [0, 0.05) is 6.54 Å². The molecule has 1 aliphatic rings. The van der Waals surface area contributed by atoms with Gasteiger partial charge in [0.1, 0.15) is 5.75 Å². The van der Waals surface area contributed by atoms with Gasteiger partial charge in [-0.15, -0.1) is 0 Å². The minimum Gasteiger partial charge on any atom is -0.496 e. The SMILES string of the molecule is COc1ccc(CC(=O)NCC2CCNC2)cc1Br. The Morgan fingerprint density at radius 1 is 1.58 bits per heavy atom. The Kier molecular flexibility index (Phi) is 5.22. The van der Waals surface area contributed by atoms with Crippen molar-refractivity contribution in [3.8, 4) is 5.75 Å². The molecule has 0 bridgehead atoms. The topological polar surface area (TPSA) is 50.4 Å². The van der Waals surface area contributed by atoms with Crippen LogP contribution in [0.5, 0.6) is 5.75 Å². The molecular formula is C14H19BrN2O2. The number of hydrogen-bond donors (Lipinski definition) is 2. The van der Waals surface area contributed by atoms with Crippen LogP contribution in [-0.2, 0) is 11.2 Å². The van der Waals surface area contributed by atoms with Gasteiger partial charge in [0.2, 0.25) is 5.91 Å². The van der Waals surface area contributed by atoms with Crippen LogP contribution < -0.4 is 15.4 Å². The predicted octanol–water partition coefficient (Wildman–Crippen LogP) is 1.73. The van der Waals surface area contributed by atoms with Crippen LogP contribution in [0.4, 0.5) is 0 Å². The maximum Gasteiger partial charge on any atom is 0.224 e. The number of ether oxygens (including phenoxy) is 1. The first-order chi connectivity index (χ1) is 9.19. The molecule has 4 nitrogen and oxygen atoms in total. The van der Waals surface area contributed by atoms with Crippen molar-refractivity contribution in [1.29, 1.82) is 0 Å². The van der Waals surface area contributed by atoms with Gasteiger partial charge in [0.15, 0.2) is 0 Å². The first kappa shape index (κ1) is 14.3. The molecule has 104 valence electrons. The van der Waals surface area contributed by atoms with Crippen LogP contribution in [0, 0.1) is 5.92 Å². The van der Waals surface area contributed by atoms with Gasteiger partial charge in [-0.05, 0) is 59.1 Å². The number of rotatable bonds is 5. The average molecular weight is 327 g/mol. The van der Waals surface area contributed by atoms with E-state index < -0.39 is 0 Å². The summed E-state index contributed by atoms with van der Waals surface area (Å²) in [5.74, 6) is 1.43. The Hall–Kier alpha value is -1.07. The molecule has 1 aromatic rings. The van der Waals surface area contributed by atoms with Gasteiger partial charge in [-0.3, -0.25) is 4.79 Å². The lowest BCUT2D eigenvalue weighted by molar-refractivity contribution is -0.120. The molecule has 1 aromatic carbocycles. The second kappa shape index (κ2) is 6.91. The van der Waals surface area contributed by atoms with E-state index in [0.717, 1.165) is 41.8 Å². The molecule has 1 atom stereocenters. The molecule has 2 rings (SSSR count). The van der Waals surface area contributed by atoms with Crippen LogP contribution in [0.2, 0.25) is 0 Å². The molecule has 1 unspecified atom stereocenters. The summed E-state index contributed by atoms with van der Waals surface area (Å²) in [4.78, 5) is 11.9. The van der Waals surface area contributed by atoms with Gasteiger partial charge in [0.05, 0.1) is 18.0 Å². The molecule has 0 aromatic heterocycles. The number of halogens is 1. The third-order valence-corrected chi connectivity index (χ3v) is 3.95. The monoisotopic (exact) mass is 326 g/mol. The highest BCUT2D eigenvalue weighted by atomic mass is 79.9. The average Bonchev–Trinajstić information content (AvgIpc) is 2.90. The maximum absolute atomic E-state index is 11.9. The lowest BCUT2D eigenvalue weighted by Gasteiger charge is -2.10. The molecule has 19 heavy (non-hydrogen) atoms. The highest BCUT2D eigenvalue weighted by molar-refractivity contribution is 9.10. The van der Waals surface area contributed by atoms with E-state index in [9.17, 15) is 4.79 Å². The van der Waals surface area contributed by atoms with E-state index >= 15 is 0 Å². The van der Waals surface area contributed by atoms with Crippen LogP contribution in [-0.4, -0.2) is 32.7 Å². The van der Waals surface area contributed by atoms with E-state index in [1.54, 1.807) is 7.11 Å². The highest BCUT2D eigenvalue weighted by Crippen LogP contribution is 2.25. The molecule has 1 aliphatic heterocycles. The van der Waals surface area contributed by atoms with E-state index in [1.807, 2.05) is 18.2 Å². The smallest absolute Gasteiger partial charge is 0.224 e. The zero-order valence-corrected chi connectivity index (χ0v) is 12.6. The van der Waals surface area contributed by atoms with E-state index in [0.29, 0.717) is 12.3 Å². The zero-order chi connectivity index (χ0) is 13.7. The first-order valence-electron chi connectivity index (χ1n) is 6.49. The van der Waals surface area contributed by atoms with Crippen molar-refractivity contribution in [2.45, 2.75) is 12.8 Å². The van der Waals surface area contributed by atoms with Crippen molar-refractivity contribution in [2.75, 3.05) is 26.7 Å². The summed E-state index contributed by atoms with van der Waals surface area (Å²) in [5.41, 5.74) is 0.981. The van der Waals surface area contributed by atoms with Crippen LogP contribution in [0.25, 0.3) is 0 Å². The predicted molar refractivity (Wildman–Crippen MR) is 78.4 cm³/mol. The summed E-state index contributed by atoms with van der Waals surface area (Å²) < 4.78 is 6.04. The fraction of sp³-hybridized carbons (Fsp3) is 0.500. The van der Waals surface area contributed by atoms with E-state index in [4.69, 9.17) is 4.74 Å². The summed E-state index contributed by atoms with van der Waals surface area (Å²) in [6.07, 6.45) is 1.55. The normalized spacial score (nSPS) is 18.3. The fourth-order valence-electron chi connectivity index (χ4n) is 2.21. The highest BCUT2D eigenvalue weighted by Gasteiger charge is 2.15. The molecule has 1 heterocycles. The van der Waals surface area contributed by atoms with Gasteiger partial charge < -0.3 is 15.4 Å². The van der Waals surface area contributed by atoms with Crippen molar-refractivity contribution in [3.63, 3.8) is 0 Å². The molecule has 5 heteroatoms. The summed E-state index contributed by atoms with van der Waals surface area (Å²) in [6.45, 7) is 2.84. The molecule has 0 radical (unpaired) electrons. The lowest BCUT2D eigenvalue weighted by Crippen LogP contribution is -2.31. The molecule has 0 spiro atoms. The Labute approximate surface area is 122 Å². The van der Waals surface area contributed by atoms with Crippen LogP contribution in [0.1, 0.15) is 12.0 Å². The number of methoxy groups -OCH3 is 1. The molecular weight excluding hydrogens is 308 g/mol. The van der Waals surface area contributed by atoms with Gasteiger partial charge in [-0.2, -0.15) is 0 Å². The standard InChI is InChI=1S/C14H19BrN2O2/c1-19-13-3-2-10(6-12(13)15)7-14(18)17-9-11-4-5-16-8-11/h2-3,6,11,16H,4-5,7-9H2,1H3,(H,17,18). The zero-order valence-electron chi connectivity index (χ0n) is 11.0. The maximum atomic E-state index is 11.9. The number of carbonyl (C=O) groups excluding carboxylic acids is 1. The number of nitrogens with one attached hydrogen (secondary N) is 2. The largest absolute Gasteiger partial charge is 0.496 e. The third-order valence-electron chi connectivity index (χ3n) is 3.33. The van der Waals surface area contributed by atoms with Crippen molar-refractivity contribution in [3.05, 3.63) is 28.2 Å². The number of hydrogen-bond acceptors (Lipinski definition) is 3. The number of carbonyl (C=O) groups is 1. The lowest BCUT2D eigenvalue weighted by atomic mass is 10.1. The van der Waals surface area contributed by atoms with Gasteiger partial charge >= 0.3 is 0 Å². The number of benzene rings is 1. The number of amides is 1. The molecule has 1 fully saturated rings. The second-order valence-electron chi connectivity index (χ2n) is 4.81. The summed E-state index contributed by atoms with van der Waals surface area (Å²) in [5, 5.41) is 6.29. The summed E-state index contributed by atoms with van der Waals surface area (Å²) in [7, 11) is 1.63. The summed E-state index contributed by atoms with van der Waals surface area (Å²) in [6, 6.07) is 5.71. The molecule has 1 amide bonds. The first-order valence-corrected chi connectivity index (χ1v) is 7.28. The van der Waals surface area contributed by atoms with E-state index in [1.165, 1.54) is 0 Å². The van der Waals surface area contributed by atoms with E-state index in [2.05, 4.69) is 26.6 Å². The van der Waals surface area contributed by atoms with Gasteiger partial charge in [-0.25, -0.2) is 0 Å². The minimum atomic E-state index is 0.0731. The van der Waals surface area contributed by atoms with Crippen LogP contribution in [0.15, 0.2) is 22.7 Å². The third kappa shape index (κ3) is 4.21. The van der Waals surface area contributed by atoms with Crippen molar-refractivity contribution in [2.24, 2.45) is 5.92 Å². The van der Waals surface area contributed by atoms with Crippen molar-refractivity contribution in [1.82, 2.24) is 10.6 Å². The van der Waals surface area contributed by atoms with Crippen LogP contribution >= 0.6 is 15.9 Å². The Balaban J connectivity index is 1.82. The molecule has 0 aliphatic carbocycles. The Morgan fingerprint density at radius 3 is 3.05 bits per heavy atom. The Morgan fingerprint density at radius 2 is 2.42 bits per heavy atom.